The van der Waals surface area contributed by atoms with E-state index in [0.29, 0.717) is 61.0 Å². The molecule has 1 saturated heterocycles. The number of amides is 1. The van der Waals surface area contributed by atoms with Gasteiger partial charge in [0.2, 0.25) is 5.56 Å². The number of rotatable bonds is 6. The maximum Gasteiger partial charge on any atom is 0.264 e. The Kier molecular flexibility index (Phi) is 8.60. The SMILES string of the molecule is C[C@@H]1CN(c2cc(F)c(C3=CCCN(c4ncc(N)s4)CC3)cc2NC(=O)c2c[nH]c(=O)cc2C(F)F)C[C@H](C)N1C. The first-order valence-corrected chi connectivity index (χ1v) is 14.6. The number of anilines is 4. The van der Waals surface area contributed by atoms with Crippen LogP contribution in [0, 0.1) is 5.82 Å². The van der Waals surface area contributed by atoms with Crippen molar-refractivity contribution in [1.82, 2.24) is 14.9 Å². The lowest BCUT2D eigenvalue weighted by Crippen LogP contribution is -2.55. The van der Waals surface area contributed by atoms with Crippen LogP contribution in [0.5, 0.6) is 0 Å². The summed E-state index contributed by atoms with van der Waals surface area (Å²) in [6.07, 6.45) is 2.74. The van der Waals surface area contributed by atoms with Gasteiger partial charge in [-0.2, -0.15) is 0 Å². The van der Waals surface area contributed by atoms with E-state index in [0.717, 1.165) is 23.0 Å². The van der Waals surface area contributed by atoms with Crippen LogP contribution in [-0.4, -0.2) is 66.1 Å². The summed E-state index contributed by atoms with van der Waals surface area (Å²) in [6.45, 7) is 6.60. The lowest BCUT2D eigenvalue weighted by Gasteiger charge is -2.44. The highest BCUT2D eigenvalue weighted by Crippen LogP contribution is 2.37. The van der Waals surface area contributed by atoms with E-state index in [1.54, 1.807) is 12.3 Å². The molecule has 1 aromatic carbocycles. The predicted octanol–water partition coefficient (Wildman–Crippen LogP) is 4.96. The van der Waals surface area contributed by atoms with E-state index in [1.807, 2.05) is 18.0 Å². The van der Waals surface area contributed by atoms with E-state index in [4.69, 9.17) is 5.73 Å². The predicted molar refractivity (Wildman–Crippen MR) is 161 cm³/mol. The molecular weight excluding hydrogens is 567 g/mol. The smallest absolute Gasteiger partial charge is 0.264 e. The molecule has 224 valence electrons. The maximum absolute atomic E-state index is 15.9. The van der Waals surface area contributed by atoms with Gasteiger partial charge in [-0.05, 0) is 51.4 Å². The molecule has 2 aliphatic rings. The lowest BCUT2D eigenvalue weighted by molar-refractivity contribution is 0.101. The summed E-state index contributed by atoms with van der Waals surface area (Å²) in [5.74, 6) is -1.25. The summed E-state index contributed by atoms with van der Waals surface area (Å²) in [5, 5.41) is 4.19. The number of aromatic nitrogens is 2. The Morgan fingerprint density at radius 2 is 1.90 bits per heavy atom. The fourth-order valence-corrected chi connectivity index (χ4v) is 6.28. The minimum atomic E-state index is -3.03. The highest BCUT2D eigenvalue weighted by molar-refractivity contribution is 7.19. The summed E-state index contributed by atoms with van der Waals surface area (Å²) in [6, 6.07) is 4.03. The minimum absolute atomic E-state index is 0.153. The van der Waals surface area contributed by atoms with E-state index < -0.39 is 29.3 Å². The number of thiazole rings is 1. The zero-order valence-electron chi connectivity index (χ0n) is 23.7. The van der Waals surface area contributed by atoms with Gasteiger partial charge < -0.3 is 25.8 Å². The fourth-order valence-electron chi connectivity index (χ4n) is 5.55. The number of nitrogen functional groups attached to an aromatic ring is 1. The maximum atomic E-state index is 15.9. The highest BCUT2D eigenvalue weighted by Gasteiger charge is 2.30. The van der Waals surface area contributed by atoms with Gasteiger partial charge in [0.25, 0.3) is 12.3 Å². The molecule has 2 aliphatic heterocycles. The second-order valence-electron chi connectivity index (χ2n) is 10.8. The van der Waals surface area contributed by atoms with E-state index >= 15 is 4.39 Å². The lowest BCUT2D eigenvalue weighted by atomic mass is 9.98. The number of carbonyl (C=O) groups is 1. The average Bonchev–Trinajstić information content (AvgIpc) is 3.23. The molecule has 0 spiro atoms. The molecule has 0 bridgehead atoms. The van der Waals surface area contributed by atoms with Crippen LogP contribution in [0.4, 0.5) is 34.7 Å². The zero-order chi connectivity index (χ0) is 30.1. The standard InChI is InChI=1S/C29H34F3N7O2S/c1-16-14-39(15-17(2)37(16)3)24-11-22(30)19(18-5-4-7-38(8-6-18)29-35-13-25(33)42-29)9-23(24)36-28(41)21-12-34-26(40)10-20(21)27(31)32/h5,9-13,16-17,27H,4,6-8,14-15,33H2,1-3H3,(H,34,40)(H,36,41)/t16-,17+. The van der Waals surface area contributed by atoms with Crippen molar-refractivity contribution in [1.29, 1.82) is 0 Å². The number of piperazine rings is 1. The van der Waals surface area contributed by atoms with E-state index in [2.05, 4.69) is 38.9 Å². The van der Waals surface area contributed by atoms with E-state index in [1.165, 1.54) is 17.4 Å². The Balaban J connectivity index is 1.50. The molecule has 13 heteroatoms. The summed E-state index contributed by atoms with van der Waals surface area (Å²) in [7, 11) is 2.03. The summed E-state index contributed by atoms with van der Waals surface area (Å²) in [5.41, 5.74) is 5.99. The normalized spacial score (nSPS) is 20.0. The Morgan fingerprint density at radius 3 is 2.57 bits per heavy atom. The van der Waals surface area contributed by atoms with Crippen molar-refractivity contribution in [2.24, 2.45) is 0 Å². The number of likely N-dealkylation sites (N-methyl/N-ethyl adjacent to an activating group) is 1. The second-order valence-corrected chi connectivity index (χ2v) is 11.9. The van der Waals surface area contributed by atoms with Crippen LogP contribution in [0.25, 0.3) is 5.57 Å². The van der Waals surface area contributed by atoms with Gasteiger partial charge in [-0.3, -0.25) is 14.5 Å². The highest BCUT2D eigenvalue weighted by atomic mass is 32.1. The number of nitrogens with one attached hydrogen (secondary N) is 2. The summed E-state index contributed by atoms with van der Waals surface area (Å²) >= 11 is 1.40. The van der Waals surface area contributed by atoms with Gasteiger partial charge in [0.05, 0.1) is 23.1 Å². The van der Waals surface area contributed by atoms with Gasteiger partial charge in [-0.25, -0.2) is 18.2 Å². The van der Waals surface area contributed by atoms with E-state index in [-0.39, 0.29) is 17.6 Å². The number of nitrogens with zero attached hydrogens (tertiary/aromatic N) is 4. The van der Waals surface area contributed by atoms with Crippen LogP contribution >= 0.6 is 11.3 Å². The number of aromatic amines is 1. The third-order valence-electron chi connectivity index (χ3n) is 8.04. The molecule has 3 aromatic rings. The Hall–Kier alpha value is -3.84. The van der Waals surface area contributed by atoms with Gasteiger partial charge in [-0.15, -0.1) is 0 Å². The molecule has 4 N–H and O–H groups in total. The number of benzene rings is 1. The molecule has 9 nitrogen and oxygen atoms in total. The number of carbonyl (C=O) groups excluding carboxylic acids is 1. The molecular formula is C29H34F3N7O2S. The van der Waals surface area contributed by atoms with Crippen molar-refractivity contribution < 1.29 is 18.0 Å². The van der Waals surface area contributed by atoms with Crippen molar-refractivity contribution in [3.8, 4) is 0 Å². The molecule has 1 fully saturated rings. The average molecular weight is 602 g/mol. The van der Waals surface area contributed by atoms with E-state index in [9.17, 15) is 18.4 Å². The minimum Gasteiger partial charge on any atom is -0.389 e. The first-order valence-electron chi connectivity index (χ1n) is 13.8. The third kappa shape index (κ3) is 6.16. The Bertz CT molecular complexity index is 1540. The molecule has 0 aliphatic carbocycles. The van der Waals surface area contributed by atoms with Crippen LogP contribution in [0.15, 0.2) is 41.5 Å². The molecule has 5 rings (SSSR count). The van der Waals surface area contributed by atoms with Crippen LogP contribution in [-0.2, 0) is 0 Å². The van der Waals surface area contributed by atoms with Crippen molar-refractivity contribution in [2.75, 3.05) is 54.1 Å². The van der Waals surface area contributed by atoms with Crippen molar-refractivity contribution in [3.63, 3.8) is 0 Å². The van der Waals surface area contributed by atoms with Crippen molar-refractivity contribution in [2.45, 2.75) is 45.2 Å². The Morgan fingerprint density at radius 1 is 1.17 bits per heavy atom. The molecule has 4 heterocycles. The molecule has 0 saturated carbocycles. The van der Waals surface area contributed by atoms with Gasteiger partial charge in [-0.1, -0.05) is 17.4 Å². The van der Waals surface area contributed by atoms with Crippen LogP contribution < -0.4 is 26.4 Å². The molecule has 1 amide bonds. The topological polar surface area (TPSA) is 111 Å². The van der Waals surface area contributed by atoms with Crippen LogP contribution in [0.1, 0.15) is 54.6 Å². The van der Waals surface area contributed by atoms with Crippen molar-refractivity contribution >= 4 is 44.3 Å². The molecule has 0 radical (unpaired) electrons. The van der Waals surface area contributed by atoms with Crippen molar-refractivity contribution in [3.05, 3.63) is 69.5 Å². The first kappa shape index (κ1) is 29.6. The van der Waals surface area contributed by atoms with Gasteiger partial charge >= 0.3 is 0 Å². The van der Waals surface area contributed by atoms with Crippen LogP contribution in [0.3, 0.4) is 0 Å². The zero-order valence-corrected chi connectivity index (χ0v) is 24.5. The Labute approximate surface area is 245 Å². The number of halogens is 3. The van der Waals surface area contributed by atoms with Gasteiger partial charge in [0, 0.05) is 61.7 Å². The number of hydrogen-bond donors (Lipinski definition) is 3. The van der Waals surface area contributed by atoms with Gasteiger partial charge in [0.1, 0.15) is 10.8 Å². The quantitative estimate of drug-likeness (QED) is 0.367. The number of alkyl halides is 2. The van der Waals surface area contributed by atoms with Gasteiger partial charge in [0.15, 0.2) is 5.13 Å². The van der Waals surface area contributed by atoms with Crippen LogP contribution in [0.2, 0.25) is 0 Å². The first-order chi connectivity index (χ1) is 20.0. The molecule has 42 heavy (non-hydrogen) atoms. The number of hydrogen-bond acceptors (Lipinski definition) is 8. The summed E-state index contributed by atoms with van der Waals surface area (Å²) in [4.78, 5) is 38.1. The fraction of sp³-hybridized carbons (Fsp3) is 0.414. The molecule has 2 atom stereocenters. The number of pyridine rings is 1. The molecule has 2 aromatic heterocycles. The second kappa shape index (κ2) is 12.2. The largest absolute Gasteiger partial charge is 0.389 e. The number of H-pyrrole nitrogens is 1. The third-order valence-corrected chi connectivity index (χ3v) is 8.93. The number of nitrogens with two attached hydrogens (primary N) is 1. The monoisotopic (exact) mass is 601 g/mol. The molecule has 0 unspecified atom stereocenters. The summed E-state index contributed by atoms with van der Waals surface area (Å²) < 4.78 is 43.4.